The van der Waals surface area contributed by atoms with E-state index in [4.69, 9.17) is 4.74 Å². The van der Waals surface area contributed by atoms with Crippen molar-refractivity contribution in [1.82, 2.24) is 24.9 Å². The highest BCUT2D eigenvalue weighted by Gasteiger charge is 2.45. The molecule has 4 heterocycles. The maximum absolute atomic E-state index is 14.5. The fourth-order valence-corrected chi connectivity index (χ4v) is 8.52. The molecule has 13 nitrogen and oxygen atoms in total. The summed E-state index contributed by atoms with van der Waals surface area (Å²) in [6, 6.07) is 5.68. The Hall–Kier alpha value is -4.00. The first-order valence-electron chi connectivity index (χ1n) is 21.1. The summed E-state index contributed by atoms with van der Waals surface area (Å²) < 4.78 is 6.25. The van der Waals surface area contributed by atoms with Crippen LogP contribution >= 0.6 is 0 Å². The Labute approximate surface area is 340 Å². The molecule has 13 heteroatoms. The predicted molar refractivity (Wildman–Crippen MR) is 217 cm³/mol. The SMILES string of the molecule is CC[C@H](C)[C@H]1C(=O)N2CCC[C@H]2C(=O)O[C@H](C(C)(C)C)C[C@@H](C)C[C@H](O)[C@H](C)C(=O)N2CCC(CC2)C(=O)N[C@@H](Cc2ccccc2)C(=O)N(C)[C@@H](C)C(=O)N1C. The van der Waals surface area contributed by atoms with Crippen molar-refractivity contribution in [3.05, 3.63) is 35.9 Å². The van der Waals surface area contributed by atoms with Crippen LogP contribution in [0.25, 0.3) is 0 Å². The van der Waals surface area contributed by atoms with E-state index in [1.807, 2.05) is 71.9 Å². The summed E-state index contributed by atoms with van der Waals surface area (Å²) in [7, 11) is 3.11. The molecule has 4 aliphatic heterocycles. The lowest BCUT2D eigenvalue weighted by molar-refractivity contribution is -0.166. The summed E-state index contributed by atoms with van der Waals surface area (Å²) in [6.45, 7) is 16.2. The third-order valence-corrected chi connectivity index (χ3v) is 12.8. The minimum Gasteiger partial charge on any atom is -0.460 e. The molecule has 0 radical (unpaired) electrons. The first-order valence-corrected chi connectivity index (χ1v) is 21.1. The van der Waals surface area contributed by atoms with Gasteiger partial charge in [0, 0.05) is 46.1 Å². The second kappa shape index (κ2) is 19.6. The number of aliphatic hydroxyl groups excluding tert-OH is 1. The third kappa shape index (κ3) is 11.1. The van der Waals surface area contributed by atoms with Gasteiger partial charge in [-0.05, 0) is 68.3 Å². The molecule has 318 valence electrons. The number of carbonyl (C=O) groups excluding carboxylic acids is 6. The van der Waals surface area contributed by atoms with E-state index in [0.717, 1.165) is 5.56 Å². The minimum atomic E-state index is -0.980. The molecule has 0 aliphatic carbocycles. The largest absolute Gasteiger partial charge is 0.460 e. The van der Waals surface area contributed by atoms with Crippen LogP contribution in [0.15, 0.2) is 30.3 Å². The van der Waals surface area contributed by atoms with Gasteiger partial charge in [0.1, 0.15) is 30.3 Å². The van der Waals surface area contributed by atoms with Gasteiger partial charge < -0.3 is 34.8 Å². The van der Waals surface area contributed by atoms with E-state index in [9.17, 15) is 33.9 Å². The van der Waals surface area contributed by atoms with E-state index in [1.165, 1.54) is 16.8 Å². The van der Waals surface area contributed by atoms with E-state index in [2.05, 4.69) is 5.32 Å². The number of piperidine rings is 1. The monoisotopic (exact) mass is 796 g/mol. The van der Waals surface area contributed by atoms with Crippen LogP contribution in [0, 0.1) is 29.1 Å². The van der Waals surface area contributed by atoms with Crippen LogP contribution < -0.4 is 5.32 Å². The van der Waals surface area contributed by atoms with Gasteiger partial charge in [0.15, 0.2) is 0 Å². The Balaban J connectivity index is 1.70. The molecule has 2 N–H and O–H groups in total. The van der Waals surface area contributed by atoms with Crippen molar-refractivity contribution in [2.24, 2.45) is 29.1 Å². The van der Waals surface area contributed by atoms with Gasteiger partial charge in [-0.1, -0.05) is 85.2 Å². The zero-order chi connectivity index (χ0) is 42.4. The first kappa shape index (κ1) is 45.7. The molecule has 0 aromatic heterocycles. The molecule has 0 unspecified atom stereocenters. The molecular weight excluding hydrogens is 727 g/mol. The van der Waals surface area contributed by atoms with E-state index in [0.29, 0.717) is 64.6 Å². The minimum absolute atomic E-state index is 0.0985. The highest BCUT2D eigenvalue weighted by atomic mass is 16.5. The molecule has 57 heavy (non-hydrogen) atoms. The molecule has 1 aromatic rings. The number of fused-ring (bicyclic) bond motifs is 19. The summed E-state index contributed by atoms with van der Waals surface area (Å²) in [5.41, 5.74) is 0.386. The van der Waals surface area contributed by atoms with Crippen molar-refractivity contribution < 1.29 is 38.6 Å². The quantitative estimate of drug-likeness (QED) is 0.342. The van der Waals surface area contributed by atoms with Gasteiger partial charge in [-0.15, -0.1) is 0 Å². The second-order valence-corrected chi connectivity index (χ2v) is 18.2. The lowest BCUT2D eigenvalue weighted by Crippen LogP contribution is -2.59. The number of benzene rings is 1. The molecule has 4 saturated heterocycles. The summed E-state index contributed by atoms with van der Waals surface area (Å²) in [5, 5.41) is 14.3. The second-order valence-electron chi connectivity index (χ2n) is 18.2. The summed E-state index contributed by atoms with van der Waals surface area (Å²) in [4.78, 5) is 90.6. The van der Waals surface area contributed by atoms with Crippen LogP contribution in [0.1, 0.15) is 106 Å². The van der Waals surface area contributed by atoms with Crippen LogP contribution in [0.3, 0.4) is 0 Å². The van der Waals surface area contributed by atoms with Crippen molar-refractivity contribution in [1.29, 1.82) is 0 Å². The molecule has 9 atom stereocenters. The van der Waals surface area contributed by atoms with E-state index in [-0.39, 0.29) is 36.0 Å². The molecule has 5 amide bonds. The number of rotatable bonds is 4. The molecule has 1 aromatic carbocycles. The van der Waals surface area contributed by atoms with Crippen molar-refractivity contribution in [2.45, 2.75) is 143 Å². The van der Waals surface area contributed by atoms with Crippen LogP contribution in [0.5, 0.6) is 0 Å². The lowest BCUT2D eigenvalue weighted by atomic mass is 9.81. The topological polar surface area (TPSA) is 157 Å². The van der Waals surface area contributed by atoms with E-state index >= 15 is 0 Å². The van der Waals surface area contributed by atoms with E-state index in [1.54, 1.807) is 30.7 Å². The van der Waals surface area contributed by atoms with Crippen LogP contribution in [-0.4, -0.2) is 130 Å². The standard InChI is InChI=1S/C44H69N5O8/c1-11-28(3)37-42(55)49-21-15-18-34(49)43(56)57-36(44(6,7)8)25-27(2)24-35(50)29(4)39(52)48-22-19-32(20-23-48)38(51)45-33(26-31-16-13-12-14-17-31)41(54)46(9)30(5)40(53)47(37)10/h12-14,16-17,27-30,32-37,50H,11,15,18-26H2,1-10H3,(H,45,51)/t27-,28-,29-,30-,33-,34-,35-,36-,37-/m0/s1. The van der Waals surface area contributed by atoms with Crippen LogP contribution in [0.2, 0.25) is 0 Å². The molecule has 5 rings (SSSR count). The zero-order valence-corrected chi connectivity index (χ0v) is 36.0. The van der Waals surface area contributed by atoms with Gasteiger partial charge in [0.25, 0.3) is 0 Å². The van der Waals surface area contributed by atoms with Crippen LogP contribution in [-0.2, 0) is 39.9 Å². The molecule has 0 saturated carbocycles. The molecule has 4 aliphatic rings. The number of hydrogen-bond donors (Lipinski definition) is 2. The Morgan fingerprint density at radius 3 is 2.07 bits per heavy atom. The van der Waals surface area contributed by atoms with Gasteiger partial charge in [-0.25, -0.2) is 4.79 Å². The Morgan fingerprint density at radius 1 is 0.842 bits per heavy atom. The van der Waals surface area contributed by atoms with E-state index < -0.39 is 71.4 Å². The third-order valence-electron chi connectivity index (χ3n) is 12.8. The molecule has 4 fully saturated rings. The number of aliphatic hydroxyl groups is 1. The van der Waals surface area contributed by atoms with Crippen LogP contribution in [0.4, 0.5) is 0 Å². The maximum atomic E-state index is 14.5. The Kier molecular flexibility index (Phi) is 15.7. The molecular formula is C44H69N5O8. The van der Waals surface area contributed by atoms with Crippen molar-refractivity contribution in [3.8, 4) is 0 Å². The van der Waals surface area contributed by atoms with Gasteiger partial charge in [-0.3, -0.25) is 24.0 Å². The van der Waals surface area contributed by atoms with Crippen molar-refractivity contribution >= 4 is 35.5 Å². The first-order chi connectivity index (χ1) is 26.8. The van der Waals surface area contributed by atoms with Crippen molar-refractivity contribution in [2.75, 3.05) is 33.7 Å². The Morgan fingerprint density at radius 2 is 1.47 bits per heavy atom. The highest BCUT2D eigenvalue weighted by molar-refractivity contribution is 5.95. The number of nitrogens with zero attached hydrogens (tertiary/aromatic N) is 4. The summed E-state index contributed by atoms with van der Waals surface area (Å²) >= 11 is 0. The average molecular weight is 796 g/mol. The fraction of sp³-hybridized carbons (Fsp3) is 0.727. The lowest BCUT2D eigenvalue weighted by Gasteiger charge is -2.39. The van der Waals surface area contributed by atoms with Gasteiger partial charge in [-0.2, -0.15) is 0 Å². The number of likely N-dealkylation sites (N-methyl/N-ethyl adjacent to an activating group) is 2. The normalized spacial score (nSPS) is 31.7. The van der Waals surface area contributed by atoms with Gasteiger partial charge >= 0.3 is 5.97 Å². The molecule has 0 spiro atoms. The Bertz CT molecular complexity index is 1570. The number of carbonyl (C=O) groups is 6. The zero-order valence-electron chi connectivity index (χ0n) is 36.0. The highest BCUT2D eigenvalue weighted by Crippen LogP contribution is 2.33. The predicted octanol–water partition coefficient (Wildman–Crippen LogP) is 4.05. The number of ether oxygens (including phenoxy) is 1. The maximum Gasteiger partial charge on any atom is 0.329 e. The summed E-state index contributed by atoms with van der Waals surface area (Å²) in [5.74, 6) is -3.65. The fourth-order valence-electron chi connectivity index (χ4n) is 8.52. The number of hydrogen-bond acceptors (Lipinski definition) is 8. The number of esters is 1. The van der Waals surface area contributed by atoms with Gasteiger partial charge in [0.2, 0.25) is 29.5 Å². The van der Waals surface area contributed by atoms with Crippen molar-refractivity contribution in [3.63, 3.8) is 0 Å². The number of nitrogens with one attached hydrogen (secondary N) is 1. The number of amides is 5. The smallest absolute Gasteiger partial charge is 0.329 e. The summed E-state index contributed by atoms with van der Waals surface area (Å²) in [6.07, 6.45) is 1.96. The van der Waals surface area contributed by atoms with Gasteiger partial charge in [0.05, 0.1) is 12.0 Å². The molecule has 2 bridgehead atoms. The average Bonchev–Trinajstić information content (AvgIpc) is 3.68.